The molecule has 4 rings (SSSR count). The number of hydrogen-bond donors (Lipinski definition) is 1. The topological polar surface area (TPSA) is 79.4 Å². The maximum absolute atomic E-state index is 13.8. The highest BCUT2D eigenvalue weighted by atomic mass is 32.2. The number of halogens is 1. The second-order valence-electron chi connectivity index (χ2n) is 6.55. The highest BCUT2D eigenvalue weighted by molar-refractivity contribution is 7.89. The molecule has 1 aliphatic heterocycles. The van der Waals surface area contributed by atoms with Crippen LogP contribution in [-0.2, 0) is 10.0 Å². The molecule has 9 heteroatoms. The average Bonchev–Trinajstić information content (AvgIpc) is 3.10. The third-order valence-corrected chi connectivity index (χ3v) is 7.48. The fourth-order valence-corrected chi connectivity index (χ4v) is 5.70. The third kappa shape index (κ3) is 3.65. The number of amides is 1. The average molecular weight is 420 g/mol. The van der Waals surface area contributed by atoms with Crippen LogP contribution in [0.25, 0.3) is 10.2 Å². The number of nitrogens with zero attached hydrogens (tertiary/aromatic N) is 2. The molecule has 3 aromatic rings. The lowest BCUT2D eigenvalue weighted by Gasteiger charge is -2.25. The standard InChI is InChI=1S/C19H18FN3O3S2/c20-15-7-3-2-6-14(15)18(24)22-19-21-16-9-8-13(12-17(16)27-19)28(25,26)23-10-4-1-5-11-23/h2-3,6-9,12H,1,4-5,10-11H2,(H,21,22,24). The maximum Gasteiger partial charge on any atom is 0.260 e. The van der Waals surface area contributed by atoms with E-state index in [-0.39, 0.29) is 15.6 Å². The van der Waals surface area contributed by atoms with Crippen molar-refractivity contribution in [2.45, 2.75) is 24.2 Å². The normalized spacial score (nSPS) is 15.6. The number of carbonyl (C=O) groups excluding carboxylic acids is 1. The minimum atomic E-state index is -3.54. The Kier molecular flexibility index (Phi) is 5.13. The van der Waals surface area contributed by atoms with E-state index in [2.05, 4.69) is 10.3 Å². The molecule has 1 fully saturated rings. The molecule has 0 bridgehead atoms. The van der Waals surface area contributed by atoms with E-state index < -0.39 is 21.7 Å². The van der Waals surface area contributed by atoms with Crippen molar-refractivity contribution < 1.29 is 17.6 Å². The number of fused-ring (bicyclic) bond motifs is 1. The van der Waals surface area contributed by atoms with Gasteiger partial charge in [0.1, 0.15) is 5.82 Å². The van der Waals surface area contributed by atoms with Crippen LogP contribution in [0.15, 0.2) is 47.4 Å². The van der Waals surface area contributed by atoms with E-state index in [1.165, 1.54) is 28.6 Å². The Morgan fingerprint density at radius 3 is 2.61 bits per heavy atom. The molecule has 6 nitrogen and oxygen atoms in total. The number of nitrogens with one attached hydrogen (secondary N) is 1. The molecule has 0 unspecified atom stereocenters. The van der Waals surface area contributed by atoms with Crippen molar-refractivity contribution in [1.29, 1.82) is 0 Å². The number of aromatic nitrogens is 1. The lowest BCUT2D eigenvalue weighted by molar-refractivity contribution is 0.102. The highest BCUT2D eigenvalue weighted by Gasteiger charge is 2.26. The van der Waals surface area contributed by atoms with Crippen molar-refractivity contribution in [3.8, 4) is 0 Å². The summed E-state index contributed by atoms with van der Waals surface area (Å²) < 4.78 is 41.6. The van der Waals surface area contributed by atoms with E-state index in [4.69, 9.17) is 0 Å². The summed E-state index contributed by atoms with van der Waals surface area (Å²) in [4.78, 5) is 16.8. The summed E-state index contributed by atoms with van der Waals surface area (Å²) in [5.74, 6) is -1.21. The predicted molar refractivity (Wildman–Crippen MR) is 107 cm³/mol. The van der Waals surface area contributed by atoms with Gasteiger partial charge >= 0.3 is 0 Å². The number of sulfonamides is 1. The minimum absolute atomic E-state index is 0.0740. The third-order valence-electron chi connectivity index (χ3n) is 4.65. The van der Waals surface area contributed by atoms with Crippen molar-refractivity contribution in [3.63, 3.8) is 0 Å². The van der Waals surface area contributed by atoms with Crippen molar-refractivity contribution in [2.24, 2.45) is 0 Å². The molecule has 0 spiro atoms. The van der Waals surface area contributed by atoms with Crippen LogP contribution in [0.4, 0.5) is 9.52 Å². The Labute approximate surface area is 166 Å². The zero-order valence-corrected chi connectivity index (χ0v) is 16.5. The van der Waals surface area contributed by atoms with E-state index in [1.807, 2.05) is 0 Å². The molecule has 1 amide bonds. The number of rotatable bonds is 4. The Morgan fingerprint density at radius 2 is 1.86 bits per heavy atom. The second kappa shape index (κ2) is 7.57. The summed E-state index contributed by atoms with van der Waals surface area (Å²) in [5.41, 5.74) is 0.501. The van der Waals surface area contributed by atoms with Gasteiger partial charge in [0.05, 0.1) is 20.7 Å². The molecule has 1 N–H and O–H groups in total. The molecular formula is C19H18FN3O3S2. The van der Waals surface area contributed by atoms with Gasteiger partial charge in [-0.05, 0) is 43.2 Å². The SMILES string of the molecule is O=C(Nc1nc2ccc(S(=O)(=O)N3CCCCC3)cc2s1)c1ccccc1F. The predicted octanol–water partition coefficient (Wildman–Crippen LogP) is 3.86. The molecule has 2 aromatic carbocycles. The van der Waals surface area contributed by atoms with Gasteiger partial charge in [-0.2, -0.15) is 4.31 Å². The number of hydrogen-bond acceptors (Lipinski definition) is 5. The summed E-state index contributed by atoms with van der Waals surface area (Å²) in [6, 6.07) is 10.4. The van der Waals surface area contributed by atoms with Crippen LogP contribution in [0.3, 0.4) is 0 Å². The maximum atomic E-state index is 13.8. The monoisotopic (exact) mass is 419 g/mol. The molecule has 0 radical (unpaired) electrons. The van der Waals surface area contributed by atoms with Gasteiger partial charge in [-0.15, -0.1) is 0 Å². The van der Waals surface area contributed by atoms with E-state index in [0.717, 1.165) is 30.6 Å². The molecule has 0 saturated carbocycles. The zero-order chi connectivity index (χ0) is 19.7. The number of piperidine rings is 1. The second-order valence-corrected chi connectivity index (χ2v) is 9.52. The lowest BCUT2D eigenvalue weighted by Crippen LogP contribution is -2.35. The fraction of sp³-hybridized carbons (Fsp3) is 0.263. The summed E-state index contributed by atoms with van der Waals surface area (Å²) in [6.07, 6.45) is 2.79. The van der Waals surface area contributed by atoms with Crippen molar-refractivity contribution >= 4 is 42.6 Å². The first-order valence-corrected chi connectivity index (χ1v) is 11.2. The molecule has 1 saturated heterocycles. The highest BCUT2D eigenvalue weighted by Crippen LogP contribution is 2.30. The van der Waals surface area contributed by atoms with Gasteiger partial charge in [-0.1, -0.05) is 29.9 Å². The van der Waals surface area contributed by atoms with Gasteiger partial charge in [0, 0.05) is 13.1 Å². The van der Waals surface area contributed by atoms with Crippen LogP contribution >= 0.6 is 11.3 Å². The van der Waals surface area contributed by atoms with E-state index in [0.29, 0.717) is 23.3 Å². The molecule has 1 aromatic heterocycles. The van der Waals surface area contributed by atoms with Gasteiger partial charge in [0.2, 0.25) is 10.0 Å². The van der Waals surface area contributed by atoms with Gasteiger partial charge < -0.3 is 0 Å². The van der Waals surface area contributed by atoms with Crippen LogP contribution in [0, 0.1) is 5.82 Å². The molecule has 146 valence electrons. The Morgan fingerprint density at radius 1 is 1.11 bits per heavy atom. The van der Waals surface area contributed by atoms with Crippen LogP contribution in [-0.4, -0.2) is 36.7 Å². The first-order valence-electron chi connectivity index (χ1n) is 8.92. The summed E-state index contributed by atoms with van der Waals surface area (Å²) >= 11 is 1.15. The van der Waals surface area contributed by atoms with Crippen LogP contribution < -0.4 is 5.32 Å². The number of thiazole rings is 1. The molecule has 0 aliphatic carbocycles. The Bertz CT molecular complexity index is 1140. The molecule has 0 atom stereocenters. The molecule has 1 aliphatic rings. The largest absolute Gasteiger partial charge is 0.298 e. The number of anilines is 1. The Balaban J connectivity index is 1.60. The molecule has 28 heavy (non-hydrogen) atoms. The van der Waals surface area contributed by atoms with Crippen LogP contribution in [0.2, 0.25) is 0 Å². The van der Waals surface area contributed by atoms with Gasteiger partial charge in [-0.3, -0.25) is 10.1 Å². The zero-order valence-electron chi connectivity index (χ0n) is 14.9. The van der Waals surface area contributed by atoms with Gasteiger partial charge in [-0.25, -0.2) is 17.8 Å². The van der Waals surface area contributed by atoms with Crippen LogP contribution in [0.1, 0.15) is 29.6 Å². The fourth-order valence-electron chi connectivity index (χ4n) is 3.18. The quantitative estimate of drug-likeness (QED) is 0.696. The van der Waals surface area contributed by atoms with E-state index in [9.17, 15) is 17.6 Å². The first kappa shape index (κ1) is 19.0. The number of benzene rings is 2. The number of carbonyl (C=O) groups is 1. The first-order chi connectivity index (χ1) is 13.4. The summed E-state index contributed by atoms with van der Waals surface area (Å²) in [5, 5.41) is 2.87. The van der Waals surface area contributed by atoms with Crippen molar-refractivity contribution in [3.05, 3.63) is 53.8 Å². The Hall–Kier alpha value is -2.36. The minimum Gasteiger partial charge on any atom is -0.298 e. The van der Waals surface area contributed by atoms with E-state index >= 15 is 0 Å². The smallest absolute Gasteiger partial charge is 0.260 e. The van der Waals surface area contributed by atoms with Crippen molar-refractivity contribution in [1.82, 2.24) is 9.29 Å². The van der Waals surface area contributed by atoms with Gasteiger partial charge in [0.25, 0.3) is 5.91 Å². The van der Waals surface area contributed by atoms with Crippen LogP contribution in [0.5, 0.6) is 0 Å². The summed E-state index contributed by atoms with van der Waals surface area (Å²) in [7, 11) is -3.54. The van der Waals surface area contributed by atoms with Gasteiger partial charge in [0.15, 0.2) is 5.13 Å². The molecule has 2 heterocycles. The summed E-state index contributed by atoms with van der Waals surface area (Å²) in [6.45, 7) is 1.07. The molecular weight excluding hydrogens is 401 g/mol. The lowest BCUT2D eigenvalue weighted by atomic mass is 10.2. The van der Waals surface area contributed by atoms with E-state index in [1.54, 1.807) is 18.2 Å². The van der Waals surface area contributed by atoms with Crippen molar-refractivity contribution in [2.75, 3.05) is 18.4 Å².